The Kier molecular flexibility index (Phi) is 3.71. The molecule has 0 fully saturated rings. The Hall–Kier alpha value is -1.09. The molecule has 0 radical (unpaired) electrons. The highest BCUT2D eigenvalue weighted by atomic mass is 19.1. The molecule has 0 saturated carbocycles. The van der Waals surface area contributed by atoms with Gasteiger partial charge in [0.15, 0.2) is 11.6 Å². The second-order valence-corrected chi connectivity index (χ2v) is 2.69. The Morgan fingerprint density at radius 1 is 1.46 bits per heavy atom. The standard InChI is InChI=1S/C10H13FO2/c1-2-8-3-4-10(9(11)7-8)13-6-5-12/h3-4,7,12H,2,5-6H2,1H3. The van der Waals surface area contributed by atoms with E-state index in [-0.39, 0.29) is 24.8 Å². The van der Waals surface area contributed by atoms with Gasteiger partial charge in [-0.05, 0) is 24.1 Å². The van der Waals surface area contributed by atoms with Gasteiger partial charge < -0.3 is 9.84 Å². The number of aliphatic hydroxyl groups excluding tert-OH is 1. The number of aliphatic hydroxyl groups is 1. The van der Waals surface area contributed by atoms with E-state index in [2.05, 4.69) is 0 Å². The van der Waals surface area contributed by atoms with Gasteiger partial charge in [-0.3, -0.25) is 0 Å². The van der Waals surface area contributed by atoms with Crippen LogP contribution in [0.1, 0.15) is 12.5 Å². The summed E-state index contributed by atoms with van der Waals surface area (Å²) in [5.41, 5.74) is 0.939. The minimum Gasteiger partial charge on any atom is -0.488 e. The molecule has 0 atom stereocenters. The summed E-state index contributed by atoms with van der Waals surface area (Å²) in [4.78, 5) is 0. The molecule has 0 aromatic heterocycles. The molecule has 1 aromatic rings. The van der Waals surface area contributed by atoms with Crippen LogP contribution in [0, 0.1) is 5.82 Å². The summed E-state index contributed by atoms with van der Waals surface area (Å²) in [5.74, 6) is -0.168. The Morgan fingerprint density at radius 2 is 2.23 bits per heavy atom. The van der Waals surface area contributed by atoms with Crippen LogP contribution in [0.2, 0.25) is 0 Å². The average Bonchev–Trinajstić information content (AvgIpc) is 2.16. The molecule has 0 saturated heterocycles. The van der Waals surface area contributed by atoms with E-state index in [9.17, 15) is 4.39 Å². The van der Waals surface area contributed by atoms with Crippen molar-refractivity contribution in [2.45, 2.75) is 13.3 Å². The van der Waals surface area contributed by atoms with Crippen molar-refractivity contribution in [3.05, 3.63) is 29.6 Å². The van der Waals surface area contributed by atoms with E-state index < -0.39 is 0 Å². The third-order valence-electron chi connectivity index (χ3n) is 1.75. The average molecular weight is 184 g/mol. The Labute approximate surface area is 77.0 Å². The first-order valence-corrected chi connectivity index (χ1v) is 4.30. The van der Waals surface area contributed by atoms with Gasteiger partial charge in [-0.25, -0.2) is 4.39 Å². The molecule has 0 aliphatic heterocycles. The molecule has 0 aliphatic rings. The third kappa shape index (κ3) is 2.70. The first kappa shape index (κ1) is 9.99. The van der Waals surface area contributed by atoms with E-state index in [0.29, 0.717) is 0 Å². The number of benzene rings is 1. The van der Waals surface area contributed by atoms with Gasteiger partial charge in [0.1, 0.15) is 6.61 Å². The summed E-state index contributed by atoms with van der Waals surface area (Å²) < 4.78 is 18.1. The van der Waals surface area contributed by atoms with Gasteiger partial charge in [-0.1, -0.05) is 13.0 Å². The van der Waals surface area contributed by atoms with Crippen molar-refractivity contribution in [2.75, 3.05) is 13.2 Å². The third-order valence-corrected chi connectivity index (χ3v) is 1.75. The van der Waals surface area contributed by atoms with Crippen molar-refractivity contribution in [1.29, 1.82) is 0 Å². The lowest BCUT2D eigenvalue weighted by Crippen LogP contribution is -2.03. The number of aryl methyl sites for hydroxylation is 1. The highest BCUT2D eigenvalue weighted by Crippen LogP contribution is 2.18. The highest BCUT2D eigenvalue weighted by molar-refractivity contribution is 5.29. The molecular formula is C10H13FO2. The van der Waals surface area contributed by atoms with Crippen molar-refractivity contribution < 1.29 is 14.2 Å². The van der Waals surface area contributed by atoms with Crippen molar-refractivity contribution in [3.8, 4) is 5.75 Å². The molecule has 0 heterocycles. The zero-order chi connectivity index (χ0) is 9.68. The lowest BCUT2D eigenvalue weighted by molar-refractivity contribution is 0.196. The van der Waals surface area contributed by atoms with Gasteiger partial charge >= 0.3 is 0 Å². The maximum Gasteiger partial charge on any atom is 0.165 e. The molecule has 1 aromatic carbocycles. The fraction of sp³-hybridized carbons (Fsp3) is 0.400. The molecule has 1 rings (SSSR count). The van der Waals surface area contributed by atoms with E-state index >= 15 is 0 Å². The van der Waals surface area contributed by atoms with Crippen molar-refractivity contribution in [3.63, 3.8) is 0 Å². The lowest BCUT2D eigenvalue weighted by Gasteiger charge is -2.06. The maximum atomic E-state index is 13.2. The van der Waals surface area contributed by atoms with E-state index in [1.807, 2.05) is 13.0 Å². The van der Waals surface area contributed by atoms with Crippen LogP contribution < -0.4 is 4.74 Å². The van der Waals surface area contributed by atoms with Gasteiger partial charge in [-0.2, -0.15) is 0 Å². The molecule has 1 N–H and O–H groups in total. The molecule has 0 aliphatic carbocycles. The van der Waals surface area contributed by atoms with E-state index in [1.165, 1.54) is 6.07 Å². The van der Waals surface area contributed by atoms with Crippen molar-refractivity contribution >= 4 is 0 Å². The van der Waals surface area contributed by atoms with Crippen molar-refractivity contribution in [2.24, 2.45) is 0 Å². The number of hydrogen-bond acceptors (Lipinski definition) is 2. The molecule has 13 heavy (non-hydrogen) atoms. The summed E-state index contributed by atoms with van der Waals surface area (Å²) >= 11 is 0. The Morgan fingerprint density at radius 3 is 2.77 bits per heavy atom. The molecule has 0 bridgehead atoms. The fourth-order valence-electron chi connectivity index (χ4n) is 1.04. The largest absolute Gasteiger partial charge is 0.488 e. The van der Waals surface area contributed by atoms with Gasteiger partial charge in [-0.15, -0.1) is 0 Å². The summed E-state index contributed by atoms with van der Waals surface area (Å²) in [6, 6.07) is 4.85. The molecule has 0 spiro atoms. The summed E-state index contributed by atoms with van der Waals surface area (Å²) in [7, 11) is 0. The molecule has 72 valence electrons. The molecule has 0 amide bonds. The summed E-state index contributed by atoms with van der Waals surface area (Å²) in [6.07, 6.45) is 0.803. The smallest absolute Gasteiger partial charge is 0.165 e. The lowest BCUT2D eigenvalue weighted by atomic mass is 10.1. The SMILES string of the molecule is CCc1ccc(OCCO)c(F)c1. The molecule has 3 heteroatoms. The number of ether oxygens (including phenoxy) is 1. The number of rotatable bonds is 4. The van der Waals surface area contributed by atoms with Gasteiger partial charge in [0.25, 0.3) is 0 Å². The molecule has 0 unspecified atom stereocenters. The van der Waals surface area contributed by atoms with Crippen LogP contribution in [0.3, 0.4) is 0 Å². The number of halogens is 1. The Bertz CT molecular complexity index is 274. The van der Waals surface area contributed by atoms with Gasteiger partial charge in [0.05, 0.1) is 6.61 Å². The maximum absolute atomic E-state index is 13.2. The molecular weight excluding hydrogens is 171 g/mol. The highest BCUT2D eigenvalue weighted by Gasteiger charge is 2.02. The number of hydrogen-bond donors (Lipinski definition) is 1. The second-order valence-electron chi connectivity index (χ2n) is 2.69. The predicted octanol–water partition coefficient (Wildman–Crippen LogP) is 1.76. The van der Waals surface area contributed by atoms with E-state index in [1.54, 1.807) is 6.07 Å². The zero-order valence-corrected chi connectivity index (χ0v) is 7.59. The monoisotopic (exact) mass is 184 g/mol. The minimum absolute atomic E-state index is 0.102. The quantitative estimate of drug-likeness (QED) is 0.772. The first-order chi connectivity index (χ1) is 6.27. The summed E-state index contributed by atoms with van der Waals surface area (Å²) in [6.45, 7) is 1.99. The second kappa shape index (κ2) is 4.82. The van der Waals surface area contributed by atoms with Crippen LogP contribution in [0.25, 0.3) is 0 Å². The molecule has 2 nitrogen and oxygen atoms in total. The van der Waals surface area contributed by atoms with Crippen LogP contribution >= 0.6 is 0 Å². The van der Waals surface area contributed by atoms with E-state index in [0.717, 1.165) is 12.0 Å². The van der Waals surface area contributed by atoms with Gasteiger partial charge in [0, 0.05) is 0 Å². The predicted molar refractivity (Wildman–Crippen MR) is 48.4 cm³/mol. The minimum atomic E-state index is -0.368. The van der Waals surface area contributed by atoms with Crippen LogP contribution in [0.4, 0.5) is 4.39 Å². The summed E-state index contributed by atoms with van der Waals surface area (Å²) in [5, 5.41) is 8.47. The van der Waals surface area contributed by atoms with Crippen LogP contribution in [0.5, 0.6) is 5.75 Å². The normalized spacial score (nSPS) is 10.1. The van der Waals surface area contributed by atoms with Gasteiger partial charge in [0.2, 0.25) is 0 Å². The van der Waals surface area contributed by atoms with Crippen LogP contribution in [-0.2, 0) is 6.42 Å². The fourth-order valence-corrected chi connectivity index (χ4v) is 1.04. The van der Waals surface area contributed by atoms with Crippen LogP contribution in [-0.4, -0.2) is 18.3 Å². The van der Waals surface area contributed by atoms with E-state index in [4.69, 9.17) is 9.84 Å². The van der Waals surface area contributed by atoms with Crippen LogP contribution in [0.15, 0.2) is 18.2 Å². The zero-order valence-electron chi connectivity index (χ0n) is 7.59. The van der Waals surface area contributed by atoms with Crippen molar-refractivity contribution in [1.82, 2.24) is 0 Å². The topological polar surface area (TPSA) is 29.5 Å². The Balaban J connectivity index is 2.73. The first-order valence-electron chi connectivity index (χ1n) is 4.30.